The van der Waals surface area contributed by atoms with Crippen LogP contribution in [0.2, 0.25) is 0 Å². The molecule has 0 aliphatic carbocycles. The summed E-state index contributed by atoms with van der Waals surface area (Å²) >= 11 is 0. The van der Waals surface area contributed by atoms with Gasteiger partial charge in [0.1, 0.15) is 11.7 Å². The van der Waals surface area contributed by atoms with Crippen molar-refractivity contribution in [1.29, 1.82) is 0 Å². The Labute approximate surface area is 195 Å². The van der Waals surface area contributed by atoms with E-state index in [0.29, 0.717) is 29.3 Å². The van der Waals surface area contributed by atoms with Crippen molar-refractivity contribution in [3.63, 3.8) is 0 Å². The standard InChI is InChI=1S/C25H21N3O6/c1-2-33-20-14-12-17(13-15-20)26-24(29)21-22(16-8-10-19(11-9-16)28(31)32)27(34-23(21)25(26)30)18-6-4-3-5-7-18/h3-15,21-23H,2H2,1H3/t21-,22+,23+/m0/s1. The van der Waals surface area contributed by atoms with E-state index in [-0.39, 0.29) is 11.6 Å². The number of hydrogen-bond acceptors (Lipinski definition) is 7. The molecule has 34 heavy (non-hydrogen) atoms. The van der Waals surface area contributed by atoms with Crippen LogP contribution in [-0.2, 0) is 14.4 Å². The zero-order valence-electron chi connectivity index (χ0n) is 18.2. The van der Waals surface area contributed by atoms with Crippen molar-refractivity contribution >= 4 is 28.9 Å². The van der Waals surface area contributed by atoms with E-state index < -0.39 is 28.9 Å². The minimum absolute atomic E-state index is 0.0599. The number of nitro groups is 1. The van der Waals surface area contributed by atoms with Crippen LogP contribution in [0.4, 0.5) is 17.1 Å². The molecule has 3 atom stereocenters. The lowest BCUT2D eigenvalue weighted by Crippen LogP contribution is -2.37. The molecular weight excluding hydrogens is 438 g/mol. The number of hydroxylamine groups is 1. The first-order valence-electron chi connectivity index (χ1n) is 10.9. The van der Waals surface area contributed by atoms with Gasteiger partial charge in [-0.1, -0.05) is 30.3 Å². The van der Waals surface area contributed by atoms with Gasteiger partial charge in [0.25, 0.3) is 11.6 Å². The first-order chi connectivity index (χ1) is 16.5. The Morgan fingerprint density at radius 2 is 1.59 bits per heavy atom. The van der Waals surface area contributed by atoms with E-state index in [0.717, 1.165) is 4.90 Å². The molecule has 9 heteroatoms. The molecule has 2 heterocycles. The van der Waals surface area contributed by atoms with Gasteiger partial charge < -0.3 is 4.74 Å². The third-order valence-electron chi connectivity index (χ3n) is 5.98. The van der Waals surface area contributed by atoms with Gasteiger partial charge in [0.2, 0.25) is 5.91 Å². The van der Waals surface area contributed by atoms with Crippen molar-refractivity contribution in [3.8, 4) is 5.75 Å². The average molecular weight is 459 g/mol. The van der Waals surface area contributed by atoms with Crippen molar-refractivity contribution in [1.82, 2.24) is 0 Å². The SMILES string of the molecule is CCOc1ccc(N2C(=O)[C@H]3[C@@H](c4ccc([N+](=O)[O-])cc4)N(c4ccccc4)O[C@H]3C2=O)cc1. The van der Waals surface area contributed by atoms with Crippen LogP contribution in [0.3, 0.4) is 0 Å². The van der Waals surface area contributed by atoms with Gasteiger partial charge in [0, 0.05) is 12.1 Å². The molecule has 0 saturated carbocycles. The summed E-state index contributed by atoms with van der Waals surface area (Å²) in [6.45, 7) is 2.38. The number of amides is 2. The van der Waals surface area contributed by atoms with Crippen molar-refractivity contribution in [2.24, 2.45) is 5.92 Å². The Bertz CT molecular complexity index is 1230. The molecule has 2 saturated heterocycles. The minimum atomic E-state index is -1.01. The lowest BCUT2D eigenvalue weighted by molar-refractivity contribution is -0.384. The van der Waals surface area contributed by atoms with Gasteiger partial charge in [0.05, 0.1) is 28.9 Å². The summed E-state index contributed by atoms with van der Waals surface area (Å²) in [6, 6.07) is 21.2. The van der Waals surface area contributed by atoms with Crippen molar-refractivity contribution < 1.29 is 24.1 Å². The van der Waals surface area contributed by atoms with E-state index in [1.165, 1.54) is 12.1 Å². The summed E-state index contributed by atoms with van der Waals surface area (Å²) < 4.78 is 5.45. The number of ether oxygens (including phenoxy) is 1. The summed E-state index contributed by atoms with van der Waals surface area (Å²) in [5.74, 6) is -1.02. The van der Waals surface area contributed by atoms with Gasteiger partial charge in [0.15, 0.2) is 6.10 Å². The van der Waals surface area contributed by atoms with Gasteiger partial charge >= 0.3 is 0 Å². The Morgan fingerprint density at radius 1 is 0.912 bits per heavy atom. The summed E-state index contributed by atoms with van der Waals surface area (Å²) in [6.07, 6.45) is -1.01. The Balaban J connectivity index is 1.53. The number of fused-ring (bicyclic) bond motifs is 1. The zero-order valence-corrected chi connectivity index (χ0v) is 18.2. The molecule has 5 rings (SSSR count). The second-order valence-electron chi connectivity index (χ2n) is 7.95. The Morgan fingerprint density at radius 3 is 2.21 bits per heavy atom. The molecule has 9 nitrogen and oxygen atoms in total. The molecule has 0 radical (unpaired) electrons. The summed E-state index contributed by atoms with van der Waals surface area (Å²) in [5, 5.41) is 12.7. The molecule has 2 aliphatic heterocycles. The molecule has 0 N–H and O–H groups in total. The predicted octanol–water partition coefficient (Wildman–Crippen LogP) is 4.04. The third kappa shape index (κ3) is 3.56. The topological polar surface area (TPSA) is 102 Å². The summed E-state index contributed by atoms with van der Waals surface area (Å²) in [4.78, 5) is 44.8. The highest BCUT2D eigenvalue weighted by Gasteiger charge is 2.60. The average Bonchev–Trinajstić information content (AvgIpc) is 3.36. The number of hydrogen-bond donors (Lipinski definition) is 0. The molecule has 0 spiro atoms. The highest BCUT2D eigenvalue weighted by molar-refractivity contribution is 6.23. The number of nitrogens with zero attached hydrogens (tertiary/aromatic N) is 3. The largest absolute Gasteiger partial charge is 0.494 e. The molecule has 2 fully saturated rings. The smallest absolute Gasteiger partial charge is 0.269 e. The second kappa shape index (κ2) is 8.60. The fraction of sp³-hybridized carbons (Fsp3) is 0.200. The Kier molecular flexibility index (Phi) is 5.46. The number of nitro benzene ring substituents is 1. The van der Waals surface area contributed by atoms with E-state index in [1.807, 2.05) is 37.3 Å². The zero-order chi connectivity index (χ0) is 23.8. The van der Waals surface area contributed by atoms with E-state index in [1.54, 1.807) is 41.5 Å². The van der Waals surface area contributed by atoms with Crippen molar-refractivity contribution in [2.75, 3.05) is 16.6 Å². The minimum Gasteiger partial charge on any atom is -0.494 e. The first kappa shape index (κ1) is 21.6. The molecule has 2 aliphatic rings. The number of rotatable bonds is 6. The maximum Gasteiger partial charge on any atom is 0.269 e. The second-order valence-corrected chi connectivity index (χ2v) is 7.95. The monoisotopic (exact) mass is 459 g/mol. The number of imide groups is 1. The molecule has 3 aromatic carbocycles. The van der Waals surface area contributed by atoms with Crippen molar-refractivity contribution in [2.45, 2.75) is 19.1 Å². The first-order valence-corrected chi connectivity index (χ1v) is 10.9. The van der Waals surface area contributed by atoms with Crippen LogP contribution >= 0.6 is 0 Å². The van der Waals surface area contributed by atoms with Crippen molar-refractivity contribution in [3.05, 3.63) is 94.5 Å². The quantitative estimate of drug-likeness (QED) is 0.311. The lowest BCUT2D eigenvalue weighted by atomic mass is 9.90. The number of carbonyl (C=O) groups excluding carboxylic acids is 2. The fourth-order valence-corrected chi connectivity index (χ4v) is 4.46. The van der Waals surface area contributed by atoms with Crippen LogP contribution in [0.1, 0.15) is 18.5 Å². The van der Waals surface area contributed by atoms with Crippen LogP contribution < -0.4 is 14.7 Å². The van der Waals surface area contributed by atoms with Crippen LogP contribution in [-0.4, -0.2) is 29.4 Å². The van der Waals surface area contributed by atoms with E-state index in [9.17, 15) is 19.7 Å². The highest BCUT2D eigenvalue weighted by atomic mass is 16.7. The van der Waals surface area contributed by atoms with E-state index in [4.69, 9.17) is 9.57 Å². The van der Waals surface area contributed by atoms with Crippen LogP contribution in [0.25, 0.3) is 0 Å². The molecule has 3 aromatic rings. The predicted molar refractivity (Wildman–Crippen MR) is 123 cm³/mol. The van der Waals surface area contributed by atoms with Gasteiger partial charge in [-0.2, -0.15) is 0 Å². The van der Waals surface area contributed by atoms with Gasteiger partial charge in [-0.05, 0) is 48.9 Å². The number of para-hydroxylation sites is 1. The molecular formula is C25H21N3O6. The van der Waals surface area contributed by atoms with Crippen LogP contribution in [0.5, 0.6) is 5.75 Å². The summed E-state index contributed by atoms with van der Waals surface area (Å²) in [5.41, 5.74) is 1.69. The molecule has 0 aromatic heterocycles. The van der Waals surface area contributed by atoms with Crippen LogP contribution in [0, 0.1) is 16.0 Å². The number of benzene rings is 3. The third-order valence-corrected chi connectivity index (χ3v) is 5.98. The maximum absolute atomic E-state index is 13.6. The Hall–Kier alpha value is -4.24. The summed E-state index contributed by atoms with van der Waals surface area (Å²) in [7, 11) is 0. The van der Waals surface area contributed by atoms with Gasteiger partial charge in [-0.25, -0.2) is 9.96 Å². The normalized spacial score (nSPS) is 21.6. The number of carbonyl (C=O) groups is 2. The van der Waals surface area contributed by atoms with Crippen LogP contribution in [0.15, 0.2) is 78.9 Å². The molecule has 2 amide bonds. The van der Waals surface area contributed by atoms with Gasteiger partial charge in [-0.15, -0.1) is 0 Å². The highest BCUT2D eigenvalue weighted by Crippen LogP contribution is 2.47. The van der Waals surface area contributed by atoms with E-state index in [2.05, 4.69) is 0 Å². The molecule has 0 unspecified atom stereocenters. The lowest BCUT2D eigenvalue weighted by Gasteiger charge is -2.28. The molecule has 172 valence electrons. The number of non-ortho nitro benzene ring substituents is 1. The maximum atomic E-state index is 13.6. The molecule has 0 bridgehead atoms. The number of anilines is 2. The van der Waals surface area contributed by atoms with E-state index >= 15 is 0 Å². The van der Waals surface area contributed by atoms with Gasteiger partial charge in [-0.3, -0.25) is 24.5 Å². The fourth-order valence-electron chi connectivity index (χ4n) is 4.46.